The van der Waals surface area contributed by atoms with E-state index in [0.717, 1.165) is 23.7 Å². The van der Waals surface area contributed by atoms with Crippen molar-refractivity contribution >= 4 is 21.8 Å². The molecule has 0 radical (unpaired) electrons. The maximum atomic E-state index is 12.8. The maximum Gasteiger partial charge on any atom is 0.257 e. The molecule has 2 atom stereocenters. The van der Waals surface area contributed by atoms with Crippen molar-refractivity contribution in [3.63, 3.8) is 0 Å². The molecule has 0 aliphatic heterocycles. The Morgan fingerprint density at radius 2 is 2.14 bits per heavy atom. The Bertz CT molecular complexity index is 507. The van der Waals surface area contributed by atoms with Crippen molar-refractivity contribution in [2.75, 3.05) is 20.7 Å². The number of hydrogen-bond acceptors (Lipinski definition) is 3. The van der Waals surface area contributed by atoms with Crippen molar-refractivity contribution in [3.8, 4) is 5.75 Å². The molecule has 5 heteroatoms. The number of nitrogens with zero attached hydrogens (tertiary/aromatic N) is 1. The molecule has 1 amide bonds. The second-order valence-corrected chi connectivity index (χ2v) is 6.52. The Balaban J connectivity index is 2.22. The van der Waals surface area contributed by atoms with Crippen LogP contribution in [0.4, 0.5) is 0 Å². The average molecular weight is 355 g/mol. The van der Waals surface area contributed by atoms with E-state index in [0.29, 0.717) is 23.8 Å². The van der Waals surface area contributed by atoms with Crippen molar-refractivity contribution < 1.29 is 9.53 Å². The molecule has 2 N–H and O–H groups in total. The second kappa shape index (κ2) is 7.27. The number of methoxy groups -OCH3 is 1. The van der Waals surface area contributed by atoms with Gasteiger partial charge in [-0.3, -0.25) is 4.79 Å². The summed E-state index contributed by atoms with van der Waals surface area (Å²) in [6.45, 7) is 0.639. The first-order valence-corrected chi connectivity index (χ1v) is 8.18. The number of ether oxygens (including phenoxy) is 1. The number of amides is 1. The Kier molecular flexibility index (Phi) is 5.65. The molecule has 2 unspecified atom stereocenters. The van der Waals surface area contributed by atoms with Gasteiger partial charge >= 0.3 is 0 Å². The van der Waals surface area contributed by atoms with Crippen LogP contribution in [0, 0.1) is 5.92 Å². The van der Waals surface area contributed by atoms with Gasteiger partial charge in [-0.1, -0.05) is 28.8 Å². The summed E-state index contributed by atoms with van der Waals surface area (Å²) in [6.07, 6.45) is 4.51. The zero-order chi connectivity index (χ0) is 15.4. The van der Waals surface area contributed by atoms with Crippen LogP contribution in [0.5, 0.6) is 5.75 Å². The number of halogens is 1. The summed E-state index contributed by atoms with van der Waals surface area (Å²) in [5.41, 5.74) is 6.48. The lowest BCUT2D eigenvalue weighted by Gasteiger charge is -2.37. The molecule has 0 saturated heterocycles. The first-order valence-electron chi connectivity index (χ1n) is 7.39. The Morgan fingerprint density at radius 1 is 1.43 bits per heavy atom. The van der Waals surface area contributed by atoms with E-state index in [4.69, 9.17) is 10.5 Å². The average Bonchev–Trinajstić information content (AvgIpc) is 2.53. The van der Waals surface area contributed by atoms with Gasteiger partial charge < -0.3 is 15.4 Å². The molecular weight excluding hydrogens is 332 g/mol. The topological polar surface area (TPSA) is 55.6 Å². The predicted molar refractivity (Wildman–Crippen MR) is 87.6 cm³/mol. The highest BCUT2D eigenvalue weighted by Gasteiger charge is 2.31. The summed E-state index contributed by atoms with van der Waals surface area (Å²) in [4.78, 5) is 14.6. The highest BCUT2D eigenvalue weighted by molar-refractivity contribution is 9.10. The van der Waals surface area contributed by atoms with E-state index in [1.165, 1.54) is 6.42 Å². The minimum absolute atomic E-state index is 0.00435. The van der Waals surface area contributed by atoms with Crippen LogP contribution in [0.3, 0.4) is 0 Å². The summed E-state index contributed by atoms with van der Waals surface area (Å²) in [5.74, 6) is 1.00. The third-order valence-corrected chi connectivity index (χ3v) is 4.88. The highest BCUT2D eigenvalue weighted by atomic mass is 79.9. The first kappa shape index (κ1) is 16.3. The lowest BCUT2D eigenvalue weighted by molar-refractivity contribution is 0.0617. The van der Waals surface area contributed by atoms with Crippen LogP contribution in [0.2, 0.25) is 0 Å². The molecule has 4 nitrogen and oxygen atoms in total. The van der Waals surface area contributed by atoms with Crippen LogP contribution in [0.15, 0.2) is 22.7 Å². The number of nitrogens with two attached hydrogens (primary N) is 1. The fraction of sp³-hybridized carbons (Fsp3) is 0.562. The first-order chi connectivity index (χ1) is 10.1. The van der Waals surface area contributed by atoms with Crippen molar-refractivity contribution in [3.05, 3.63) is 28.2 Å². The van der Waals surface area contributed by atoms with E-state index in [2.05, 4.69) is 15.9 Å². The summed E-state index contributed by atoms with van der Waals surface area (Å²) < 4.78 is 6.23. The van der Waals surface area contributed by atoms with Gasteiger partial charge in [-0.25, -0.2) is 0 Å². The molecule has 1 aliphatic rings. The predicted octanol–water partition coefficient (Wildman–Crippen LogP) is 3.05. The molecule has 1 saturated carbocycles. The molecular formula is C16H23BrN2O2. The van der Waals surface area contributed by atoms with Crippen LogP contribution in [-0.2, 0) is 0 Å². The maximum absolute atomic E-state index is 12.8. The van der Waals surface area contributed by atoms with Gasteiger partial charge in [0.15, 0.2) is 0 Å². The molecule has 2 rings (SSSR count). The second-order valence-electron chi connectivity index (χ2n) is 5.61. The van der Waals surface area contributed by atoms with Crippen LogP contribution in [0.25, 0.3) is 0 Å². The Morgan fingerprint density at radius 3 is 2.81 bits per heavy atom. The normalized spacial score (nSPS) is 21.9. The minimum atomic E-state index is 0.00435. The third kappa shape index (κ3) is 3.58. The minimum Gasteiger partial charge on any atom is -0.496 e. The number of carbonyl (C=O) groups is 1. The number of rotatable bonds is 4. The largest absolute Gasteiger partial charge is 0.496 e. The third-order valence-electron chi connectivity index (χ3n) is 4.38. The van der Waals surface area contributed by atoms with Gasteiger partial charge in [0.2, 0.25) is 0 Å². The van der Waals surface area contributed by atoms with Crippen LogP contribution >= 0.6 is 15.9 Å². The lowest BCUT2D eigenvalue weighted by Crippen LogP contribution is -2.46. The molecule has 21 heavy (non-hydrogen) atoms. The van der Waals surface area contributed by atoms with E-state index < -0.39 is 0 Å². The zero-order valence-electron chi connectivity index (χ0n) is 12.6. The fourth-order valence-corrected chi connectivity index (χ4v) is 3.50. The molecule has 0 aromatic heterocycles. The lowest BCUT2D eigenvalue weighted by atomic mass is 9.83. The summed E-state index contributed by atoms with van der Waals surface area (Å²) in [6, 6.07) is 5.72. The van der Waals surface area contributed by atoms with E-state index in [9.17, 15) is 4.79 Å². The van der Waals surface area contributed by atoms with E-state index in [1.54, 1.807) is 7.11 Å². The van der Waals surface area contributed by atoms with Gasteiger partial charge in [0.25, 0.3) is 5.91 Å². The Labute approximate surface area is 134 Å². The van der Waals surface area contributed by atoms with Crippen LogP contribution in [0.1, 0.15) is 36.0 Å². The van der Waals surface area contributed by atoms with Gasteiger partial charge in [0, 0.05) is 17.6 Å². The molecule has 1 fully saturated rings. The molecule has 1 aromatic rings. The van der Waals surface area contributed by atoms with Crippen molar-refractivity contribution in [1.82, 2.24) is 4.90 Å². The number of carbonyl (C=O) groups excluding carboxylic acids is 1. The summed E-state index contributed by atoms with van der Waals surface area (Å²) in [7, 11) is 3.46. The van der Waals surface area contributed by atoms with E-state index in [1.807, 2.05) is 30.1 Å². The molecule has 0 heterocycles. The molecule has 0 spiro atoms. The van der Waals surface area contributed by atoms with Crippen LogP contribution in [-0.4, -0.2) is 37.6 Å². The van der Waals surface area contributed by atoms with Crippen molar-refractivity contribution in [2.24, 2.45) is 11.7 Å². The van der Waals surface area contributed by atoms with E-state index in [-0.39, 0.29) is 11.9 Å². The zero-order valence-corrected chi connectivity index (χ0v) is 14.2. The summed E-state index contributed by atoms with van der Waals surface area (Å²) in [5, 5.41) is 0. The summed E-state index contributed by atoms with van der Waals surface area (Å²) >= 11 is 3.40. The van der Waals surface area contributed by atoms with Gasteiger partial charge in [0.1, 0.15) is 5.75 Å². The van der Waals surface area contributed by atoms with Crippen molar-refractivity contribution in [1.29, 1.82) is 0 Å². The number of hydrogen-bond donors (Lipinski definition) is 1. The highest BCUT2D eigenvalue weighted by Crippen LogP contribution is 2.30. The van der Waals surface area contributed by atoms with Gasteiger partial charge in [-0.05, 0) is 43.5 Å². The standard InChI is InChI=1S/C16H23BrN2O2/c1-19(14-6-4-3-5-11(14)10-18)16(20)13-8-7-12(17)9-15(13)21-2/h7-9,11,14H,3-6,10,18H2,1-2H3. The van der Waals surface area contributed by atoms with Gasteiger partial charge in [-0.2, -0.15) is 0 Å². The molecule has 116 valence electrons. The van der Waals surface area contributed by atoms with Gasteiger partial charge in [-0.15, -0.1) is 0 Å². The molecule has 1 aliphatic carbocycles. The van der Waals surface area contributed by atoms with Crippen LogP contribution < -0.4 is 10.5 Å². The fourth-order valence-electron chi connectivity index (χ4n) is 3.16. The number of benzene rings is 1. The molecule has 1 aromatic carbocycles. The Hall–Kier alpha value is -1.07. The quantitative estimate of drug-likeness (QED) is 0.903. The van der Waals surface area contributed by atoms with E-state index >= 15 is 0 Å². The smallest absolute Gasteiger partial charge is 0.257 e. The van der Waals surface area contributed by atoms with Gasteiger partial charge in [0.05, 0.1) is 12.7 Å². The van der Waals surface area contributed by atoms with Crippen molar-refractivity contribution in [2.45, 2.75) is 31.7 Å². The SMILES string of the molecule is COc1cc(Br)ccc1C(=O)N(C)C1CCCCC1CN. The monoisotopic (exact) mass is 354 g/mol. The molecule has 0 bridgehead atoms.